The van der Waals surface area contributed by atoms with Crippen LogP contribution in [0.4, 0.5) is 5.69 Å². The maximum Gasteiger partial charge on any atom is 0.337 e. The van der Waals surface area contributed by atoms with E-state index >= 15 is 0 Å². The number of hydrogen-bond acceptors (Lipinski definition) is 4. The molecular formula is C19H13NO3S. The lowest BCUT2D eigenvalue weighted by Gasteiger charge is -2.07. The summed E-state index contributed by atoms with van der Waals surface area (Å²) in [6, 6.07) is 17.0. The molecule has 118 valence electrons. The Morgan fingerprint density at radius 1 is 1.04 bits per heavy atom. The highest BCUT2D eigenvalue weighted by Gasteiger charge is 2.24. The highest BCUT2D eigenvalue weighted by molar-refractivity contribution is 7.99. The first kappa shape index (κ1) is 14.8. The molecule has 1 aliphatic heterocycles. The van der Waals surface area contributed by atoms with Crippen molar-refractivity contribution >= 4 is 40.1 Å². The van der Waals surface area contributed by atoms with E-state index in [1.54, 1.807) is 12.1 Å². The molecule has 24 heavy (non-hydrogen) atoms. The van der Waals surface area contributed by atoms with Crippen molar-refractivity contribution in [3.05, 3.63) is 65.7 Å². The summed E-state index contributed by atoms with van der Waals surface area (Å²) < 4.78 is 4.70. The topological polar surface area (TPSA) is 55.4 Å². The minimum atomic E-state index is -0.361. The highest BCUT2D eigenvalue weighted by Crippen LogP contribution is 2.40. The van der Waals surface area contributed by atoms with E-state index in [4.69, 9.17) is 4.74 Å². The summed E-state index contributed by atoms with van der Waals surface area (Å²) in [4.78, 5) is 25.7. The summed E-state index contributed by atoms with van der Waals surface area (Å²) >= 11 is 1.51. The van der Waals surface area contributed by atoms with Crippen molar-refractivity contribution in [2.45, 2.75) is 9.79 Å². The number of rotatable bonds is 3. The summed E-state index contributed by atoms with van der Waals surface area (Å²) in [5.41, 5.74) is 2.08. The lowest BCUT2D eigenvalue weighted by atomic mass is 10.1. The van der Waals surface area contributed by atoms with Crippen molar-refractivity contribution in [2.75, 3.05) is 12.4 Å². The molecule has 0 unspecified atom stereocenters. The van der Waals surface area contributed by atoms with Crippen LogP contribution < -0.4 is 5.32 Å². The van der Waals surface area contributed by atoms with Crippen LogP contribution in [-0.4, -0.2) is 19.0 Å². The van der Waals surface area contributed by atoms with E-state index in [0.717, 1.165) is 26.3 Å². The monoisotopic (exact) mass is 335 g/mol. The van der Waals surface area contributed by atoms with Crippen molar-refractivity contribution in [1.29, 1.82) is 0 Å². The molecule has 1 amide bonds. The zero-order valence-corrected chi connectivity index (χ0v) is 13.6. The molecule has 0 saturated carbocycles. The van der Waals surface area contributed by atoms with E-state index in [2.05, 4.69) is 5.32 Å². The van der Waals surface area contributed by atoms with Gasteiger partial charge in [-0.15, -0.1) is 0 Å². The molecule has 1 heterocycles. The number of ether oxygens (including phenoxy) is 1. The Balaban J connectivity index is 1.73. The number of methoxy groups -OCH3 is 1. The van der Waals surface area contributed by atoms with Gasteiger partial charge in [0.05, 0.1) is 18.2 Å². The fourth-order valence-corrected chi connectivity index (χ4v) is 3.82. The van der Waals surface area contributed by atoms with Crippen LogP contribution in [0.15, 0.2) is 64.4 Å². The van der Waals surface area contributed by atoms with Gasteiger partial charge in [-0.2, -0.15) is 0 Å². The first-order chi connectivity index (χ1) is 11.7. The Hall–Kier alpha value is -2.79. The van der Waals surface area contributed by atoms with Crippen molar-refractivity contribution in [1.82, 2.24) is 0 Å². The van der Waals surface area contributed by atoms with Gasteiger partial charge in [0.2, 0.25) is 0 Å². The number of esters is 1. The fraction of sp³-hybridized carbons (Fsp3) is 0.0526. The predicted molar refractivity (Wildman–Crippen MR) is 93.8 cm³/mol. The van der Waals surface area contributed by atoms with Crippen LogP contribution >= 0.6 is 11.8 Å². The van der Waals surface area contributed by atoms with Crippen LogP contribution in [0.25, 0.3) is 10.8 Å². The first-order valence-electron chi connectivity index (χ1n) is 7.40. The first-order valence-corrected chi connectivity index (χ1v) is 8.22. The van der Waals surface area contributed by atoms with Gasteiger partial charge < -0.3 is 10.1 Å². The number of carbonyl (C=O) groups excluding carboxylic acids is 2. The van der Waals surface area contributed by atoms with E-state index in [-0.39, 0.29) is 11.9 Å². The molecule has 0 bridgehead atoms. The van der Waals surface area contributed by atoms with Crippen LogP contribution in [0.2, 0.25) is 0 Å². The predicted octanol–water partition coefficient (Wildman–Crippen LogP) is 4.34. The number of anilines is 1. The van der Waals surface area contributed by atoms with Gasteiger partial charge in [0, 0.05) is 20.9 Å². The average Bonchev–Trinajstić information content (AvgIpc) is 2.95. The quantitative estimate of drug-likeness (QED) is 0.723. The Labute approximate surface area is 142 Å². The molecule has 0 saturated heterocycles. The Kier molecular flexibility index (Phi) is 3.50. The summed E-state index contributed by atoms with van der Waals surface area (Å²) in [7, 11) is 1.36. The number of carbonyl (C=O) groups is 2. The van der Waals surface area contributed by atoms with Gasteiger partial charge in [0.1, 0.15) is 0 Å². The smallest absolute Gasteiger partial charge is 0.337 e. The normalized spacial score (nSPS) is 12.3. The highest BCUT2D eigenvalue weighted by atomic mass is 32.2. The lowest BCUT2D eigenvalue weighted by Crippen LogP contribution is -2.05. The summed E-state index contributed by atoms with van der Waals surface area (Å²) in [6.07, 6.45) is 0. The molecule has 3 aromatic carbocycles. The minimum absolute atomic E-state index is 0.0736. The second-order valence-corrected chi connectivity index (χ2v) is 6.53. The fourth-order valence-electron chi connectivity index (χ4n) is 2.86. The van der Waals surface area contributed by atoms with Crippen LogP contribution in [-0.2, 0) is 4.74 Å². The van der Waals surface area contributed by atoms with Crippen molar-refractivity contribution in [2.24, 2.45) is 0 Å². The van der Waals surface area contributed by atoms with E-state index in [1.165, 1.54) is 18.9 Å². The van der Waals surface area contributed by atoms with Gasteiger partial charge >= 0.3 is 5.97 Å². The molecule has 1 aliphatic rings. The number of nitrogens with one attached hydrogen (secondary N) is 1. The Bertz CT molecular complexity index is 980. The molecule has 0 spiro atoms. The summed E-state index contributed by atoms with van der Waals surface area (Å²) in [5.74, 6) is -0.435. The van der Waals surface area contributed by atoms with E-state index in [0.29, 0.717) is 11.1 Å². The van der Waals surface area contributed by atoms with E-state index < -0.39 is 0 Å². The molecule has 1 N–H and O–H groups in total. The maximum atomic E-state index is 12.4. The Morgan fingerprint density at radius 2 is 1.83 bits per heavy atom. The molecule has 0 fully saturated rings. The van der Waals surface area contributed by atoms with Crippen molar-refractivity contribution in [3.8, 4) is 0 Å². The minimum Gasteiger partial charge on any atom is -0.465 e. The molecular weight excluding hydrogens is 322 g/mol. The lowest BCUT2D eigenvalue weighted by molar-refractivity contribution is 0.0600. The molecule has 5 heteroatoms. The summed E-state index contributed by atoms with van der Waals surface area (Å²) in [6.45, 7) is 0. The van der Waals surface area contributed by atoms with E-state index in [9.17, 15) is 9.59 Å². The van der Waals surface area contributed by atoms with Gasteiger partial charge in [-0.1, -0.05) is 30.0 Å². The molecule has 0 aromatic heterocycles. The number of hydrogen-bond donors (Lipinski definition) is 1. The Morgan fingerprint density at radius 3 is 2.58 bits per heavy atom. The number of amides is 1. The third-order valence-electron chi connectivity index (χ3n) is 3.99. The van der Waals surface area contributed by atoms with Gasteiger partial charge in [0.15, 0.2) is 0 Å². The van der Waals surface area contributed by atoms with Crippen LogP contribution in [0.5, 0.6) is 0 Å². The van der Waals surface area contributed by atoms with Gasteiger partial charge in [-0.25, -0.2) is 4.79 Å². The van der Waals surface area contributed by atoms with Crippen LogP contribution in [0, 0.1) is 0 Å². The third-order valence-corrected chi connectivity index (χ3v) is 5.05. The van der Waals surface area contributed by atoms with Crippen LogP contribution in [0.3, 0.4) is 0 Å². The number of benzene rings is 3. The van der Waals surface area contributed by atoms with Crippen LogP contribution in [0.1, 0.15) is 20.7 Å². The average molecular weight is 335 g/mol. The molecule has 0 atom stereocenters. The van der Waals surface area contributed by atoms with E-state index in [1.807, 2.05) is 42.5 Å². The second-order valence-electron chi connectivity index (χ2n) is 5.41. The zero-order valence-electron chi connectivity index (χ0n) is 12.8. The zero-order chi connectivity index (χ0) is 16.7. The van der Waals surface area contributed by atoms with Gasteiger partial charge in [-0.3, -0.25) is 4.79 Å². The standard InChI is InChI=1S/C19H13NO3S/c1-23-19(22)12-5-8-13(9-6-12)24-15-10-7-11-3-2-4-14-16(11)17(15)18(21)20-14/h2-10H,1H3,(H,20,21). The van der Waals surface area contributed by atoms with Crippen molar-refractivity contribution < 1.29 is 14.3 Å². The van der Waals surface area contributed by atoms with Gasteiger partial charge in [0.25, 0.3) is 5.91 Å². The molecule has 0 radical (unpaired) electrons. The maximum absolute atomic E-state index is 12.4. The molecule has 3 aromatic rings. The largest absolute Gasteiger partial charge is 0.465 e. The molecule has 4 rings (SSSR count). The van der Waals surface area contributed by atoms with Gasteiger partial charge in [-0.05, 0) is 41.8 Å². The molecule has 4 nitrogen and oxygen atoms in total. The second kappa shape index (κ2) is 5.69. The third kappa shape index (κ3) is 2.34. The van der Waals surface area contributed by atoms with Crippen molar-refractivity contribution in [3.63, 3.8) is 0 Å². The molecule has 0 aliphatic carbocycles. The summed E-state index contributed by atoms with van der Waals surface area (Å²) in [5, 5.41) is 4.93. The SMILES string of the molecule is COC(=O)c1ccc(Sc2ccc3cccc4c3c2C(=O)N4)cc1.